The topological polar surface area (TPSA) is 107 Å². The van der Waals surface area contributed by atoms with Crippen molar-refractivity contribution >= 4 is 16.8 Å². The number of hydrogen-bond donors (Lipinski definition) is 2. The number of ether oxygens (including phenoxy) is 1. The third-order valence-electron chi connectivity index (χ3n) is 3.22. The average Bonchev–Trinajstić information content (AvgIpc) is 2.48. The van der Waals surface area contributed by atoms with E-state index in [9.17, 15) is 10.5 Å². The molecule has 2 atom stereocenters. The lowest BCUT2D eigenvalue weighted by atomic mass is 9.82. The first kappa shape index (κ1) is 15.0. The summed E-state index contributed by atoms with van der Waals surface area (Å²) in [7, 11) is 0. The predicted octanol–water partition coefficient (Wildman–Crippen LogP) is 2.73. The number of allylic oxidation sites excluding steroid dienone is 1. The summed E-state index contributed by atoms with van der Waals surface area (Å²) in [6.45, 7) is 2.47. The van der Waals surface area contributed by atoms with Crippen LogP contribution in [0.5, 0.6) is 5.75 Å². The molecule has 6 heteroatoms. The molecule has 21 heavy (non-hydrogen) atoms. The average molecular weight is 298 g/mol. The van der Waals surface area contributed by atoms with E-state index in [2.05, 4.69) is 12.1 Å². The minimum absolute atomic E-state index is 0.174. The maximum absolute atomic E-state index is 9.33. The van der Waals surface area contributed by atoms with E-state index >= 15 is 0 Å². The number of nitrogens with one attached hydrogen (secondary N) is 1. The molecule has 0 aliphatic carbocycles. The van der Waals surface area contributed by atoms with Gasteiger partial charge in [0.2, 0.25) is 0 Å². The minimum Gasteiger partial charge on any atom is -0.494 e. The van der Waals surface area contributed by atoms with E-state index in [0.717, 1.165) is 23.1 Å². The van der Waals surface area contributed by atoms with Crippen LogP contribution in [0.1, 0.15) is 18.4 Å². The molecule has 106 valence electrons. The fourth-order valence-electron chi connectivity index (χ4n) is 2.26. The molecular weight excluding hydrogens is 284 g/mol. The molecule has 0 amide bonds. The fraction of sp³-hybridized carbons (Fsp3) is 0.267. The summed E-state index contributed by atoms with van der Waals surface area (Å²) >= 11 is 0.987. The smallest absolute Gasteiger partial charge is 0.119 e. The Kier molecular flexibility index (Phi) is 4.52. The summed E-state index contributed by atoms with van der Waals surface area (Å²) < 4.78 is 5.38. The molecule has 1 aliphatic heterocycles. The molecule has 0 spiro atoms. The molecule has 0 aromatic heterocycles. The van der Waals surface area contributed by atoms with Gasteiger partial charge in [-0.15, -0.1) is 0 Å². The molecule has 0 fully saturated rings. The van der Waals surface area contributed by atoms with Gasteiger partial charge < -0.3 is 10.5 Å². The highest BCUT2D eigenvalue weighted by Gasteiger charge is 2.36. The maximum atomic E-state index is 9.33. The lowest BCUT2D eigenvalue weighted by Gasteiger charge is -2.27. The number of thioether (sulfide) groups is 1. The zero-order chi connectivity index (χ0) is 15.4. The Hall–Kier alpha value is -2.44. The zero-order valence-electron chi connectivity index (χ0n) is 11.5. The minimum atomic E-state index is -0.685. The molecule has 1 aromatic carbocycles. The summed E-state index contributed by atoms with van der Waals surface area (Å²) in [5.74, 6) is -0.454. The van der Waals surface area contributed by atoms with Gasteiger partial charge in [0.15, 0.2) is 0 Å². The summed E-state index contributed by atoms with van der Waals surface area (Å²) in [5, 5.41) is 27.1. The monoisotopic (exact) mass is 298 g/mol. The van der Waals surface area contributed by atoms with Gasteiger partial charge in [0.05, 0.1) is 34.4 Å². The van der Waals surface area contributed by atoms with Crippen LogP contribution < -0.4 is 10.5 Å². The van der Waals surface area contributed by atoms with Crippen LogP contribution in [0.4, 0.5) is 0 Å². The molecule has 5 nitrogen and oxygen atoms in total. The number of benzene rings is 1. The molecular formula is C15H14N4OS. The molecule has 0 saturated heterocycles. The van der Waals surface area contributed by atoms with Crippen LogP contribution in [0.2, 0.25) is 0 Å². The van der Waals surface area contributed by atoms with Gasteiger partial charge in [0.1, 0.15) is 11.7 Å². The Labute approximate surface area is 127 Å². The van der Waals surface area contributed by atoms with Crippen molar-refractivity contribution < 1.29 is 4.74 Å². The van der Waals surface area contributed by atoms with Crippen LogP contribution in [-0.4, -0.2) is 11.7 Å². The molecule has 1 heterocycles. The Morgan fingerprint density at radius 2 is 2.00 bits per heavy atom. The second-order valence-corrected chi connectivity index (χ2v) is 5.53. The van der Waals surface area contributed by atoms with Crippen molar-refractivity contribution in [2.45, 2.75) is 12.8 Å². The lowest BCUT2D eigenvalue weighted by Crippen LogP contribution is -2.26. The predicted molar refractivity (Wildman–Crippen MR) is 81.6 cm³/mol. The highest BCUT2D eigenvalue weighted by Crippen LogP contribution is 2.42. The van der Waals surface area contributed by atoms with E-state index in [0.29, 0.717) is 17.2 Å². The number of rotatable bonds is 3. The molecule has 0 bridgehead atoms. The van der Waals surface area contributed by atoms with Crippen LogP contribution in [0.25, 0.3) is 0 Å². The molecule has 3 N–H and O–H groups in total. The van der Waals surface area contributed by atoms with E-state index in [-0.39, 0.29) is 5.04 Å². The second-order valence-electron chi connectivity index (χ2n) is 4.44. The Morgan fingerprint density at radius 3 is 2.52 bits per heavy atom. The molecule has 0 radical (unpaired) electrons. The van der Waals surface area contributed by atoms with Gasteiger partial charge in [-0.3, -0.25) is 5.41 Å². The van der Waals surface area contributed by atoms with E-state index in [1.54, 1.807) is 12.1 Å². The third kappa shape index (κ3) is 2.86. The van der Waals surface area contributed by atoms with E-state index in [1.165, 1.54) is 0 Å². The SMILES string of the molecule is CCOc1ccc([C@H]2C(C#N)=C(N)SC(=N)[C@H]2C#N)cc1. The normalized spacial score (nSPS) is 21.6. The fourth-order valence-corrected chi connectivity index (χ4v) is 3.10. The van der Waals surface area contributed by atoms with Gasteiger partial charge in [-0.25, -0.2) is 0 Å². The van der Waals surface area contributed by atoms with Crippen molar-refractivity contribution in [1.82, 2.24) is 0 Å². The first-order valence-electron chi connectivity index (χ1n) is 6.40. The van der Waals surface area contributed by atoms with Crippen LogP contribution in [0.3, 0.4) is 0 Å². The van der Waals surface area contributed by atoms with Crippen LogP contribution >= 0.6 is 11.8 Å². The van der Waals surface area contributed by atoms with Crippen LogP contribution in [0, 0.1) is 34.0 Å². The number of nitriles is 2. The summed E-state index contributed by atoms with van der Waals surface area (Å²) in [6, 6.07) is 11.4. The zero-order valence-corrected chi connectivity index (χ0v) is 12.3. The quantitative estimate of drug-likeness (QED) is 0.892. The van der Waals surface area contributed by atoms with Crippen molar-refractivity contribution in [3.8, 4) is 17.9 Å². The van der Waals surface area contributed by atoms with Crippen molar-refractivity contribution in [2.24, 2.45) is 11.7 Å². The Bertz CT molecular complexity index is 666. The largest absolute Gasteiger partial charge is 0.494 e. The number of nitrogens with two attached hydrogens (primary N) is 1. The van der Waals surface area contributed by atoms with Crippen molar-refractivity contribution in [3.63, 3.8) is 0 Å². The molecule has 1 aromatic rings. The summed E-state index contributed by atoms with van der Waals surface area (Å²) in [5.41, 5.74) is 6.99. The highest BCUT2D eigenvalue weighted by molar-refractivity contribution is 8.17. The second kappa shape index (κ2) is 6.34. The van der Waals surface area contributed by atoms with Gasteiger partial charge in [0, 0.05) is 5.92 Å². The van der Waals surface area contributed by atoms with E-state index < -0.39 is 11.8 Å². The lowest BCUT2D eigenvalue weighted by molar-refractivity contribution is 0.340. The van der Waals surface area contributed by atoms with Crippen molar-refractivity contribution in [2.75, 3.05) is 6.61 Å². The van der Waals surface area contributed by atoms with Crippen LogP contribution in [-0.2, 0) is 0 Å². The maximum Gasteiger partial charge on any atom is 0.119 e. The van der Waals surface area contributed by atoms with Gasteiger partial charge in [-0.1, -0.05) is 23.9 Å². The van der Waals surface area contributed by atoms with Gasteiger partial charge in [-0.05, 0) is 24.6 Å². The molecule has 0 saturated carbocycles. The van der Waals surface area contributed by atoms with Gasteiger partial charge in [-0.2, -0.15) is 10.5 Å². The van der Waals surface area contributed by atoms with Gasteiger partial charge in [0.25, 0.3) is 0 Å². The Morgan fingerprint density at radius 1 is 1.33 bits per heavy atom. The number of nitrogens with zero attached hydrogens (tertiary/aromatic N) is 2. The Balaban J connectivity index is 2.46. The van der Waals surface area contributed by atoms with E-state index in [1.807, 2.05) is 19.1 Å². The summed E-state index contributed by atoms with van der Waals surface area (Å²) in [4.78, 5) is 0. The first-order valence-corrected chi connectivity index (χ1v) is 7.22. The van der Waals surface area contributed by atoms with E-state index in [4.69, 9.17) is 15.9 Å². The standard InChI is InChI=1S/C15H14N4OS/c1-2-20-10-5-3-9(4-6-10)13-11(7-16)14(18)21-15(19)12(13)8-17/h3-6,11,13,18H,2,19H2,1H3/t11-,13+/m0/s1. The van der Waals surface area contributed by atoms with Crippen molar-refractivity contribution in [3.05, 3.63) is 40.4 Å². The highest BCUT2D eigenvalue weighted by atomic mass is 32.2. The first-order chi connectivity index (χ1) is 10.1. The summed E-state index contributed by atoms with van der Waals surface area (Å²) in [6.07, 6.45) is 0. The van der Waals surface area contributed by atoms with Crippen molar-refractivity contribution in [1.29, 1.82) is 15.9 Å². The molecule has 1 aliphatic rings. The molecule has 2 rings (SSSR count). The third-order valence-corrected chi connectivity index (χ3v) is 4.14. The van der Waals surface area contributed by atoms with Gasteiger partial charge >= 0.3 is 0 Å². The van der Waals surface area contributed by atoms with Crippen LogP contribution in [0.15, 0.2) is 34.9 Å². The molecule has 0 unspecified atom stereocenters. The number of hydrogen-bond acceptors (Lipinski definition) is 6.